The molecule has 3 atom stereocenters. The summed E-state index contributed by atoms with van der Waals surface area (Å²) in [5.41, 5.74) is 6.33. The Balaban J connectivity index is 2.07. The van der Waals surface area contributed by atoms with Crippen molar-refractivity contribution in [3.05, 3.63) is 0 Å². The molecule has 2 aliphatic rings. The van der Waals surface area contributed by atoms with E-state index in [-0.39, 0.29) is 5.54 Å². The maximum atomic E-state index is 6.04. The summed E-state index contributed by atoms with van der Waals surface area (Å²) in [7, 11) is 1.82. The average molecular weight is 212 g/mol. The summed E-state index contributed by atoms with van der Waals surface area (Å²) in [6.07, 6.45) is 5.56. The highest BCUT2D eigenvalue weighted by Crippen LogP contribution is 2.41. The monoisotopic (exact) mass is 212 g/mol. The topological polar surface area (TPSA) is 38.5 Å². The van der Waals surface area contributed by atoms with Gasteiger partial charge >= 0.3 is 0 Å². The van der Waals surface area contributed by atoms with Crippen LogP contribution in [0.2, 0.25) is 0 Å². The van der Waals surface area contributed by atoms with Gasteiger partial charge in [0, 0.05) is 32.3 Å². The Bertz CT molecular complexity index is 222. The van der Waals surface area contributed by atoms with Crippen LogP contribution in [0.5, 0.6) is 0 Å². The minimum atomic E-state index is 0.285. The molecule has 15 heavy (non-hydrogen) atoms. The number of hydrogen-bond donors (Lipinski definition) is 1. The van der Waals surface area contributed by atoms with E-state index in [4.69, 9.17) is 10.5 Å². The molecular formula is C12H24N2O. The largest absolute Gasteiger partial charge is 0.380 e. The van der Waals surface area contributed by atoms with Crippen molar-refractivity contribution in [2.45, 2.75) is 44.2 Å². The molecule has 88 valence electrons. The molecular weight excluding hydrogens is 188 g/mol. The number of likely N-dealkylation sites (tertiary alicyclic amines) is 1. The molecule has 1 aliphatic carbocycles. The highest BCUT2D eigenvalue weighted by molar-refractivity contribution is 5.02. The van der Waals surface area contributed by atoms with E-state index in [0.29, 0.717) is 6.10 Å². The highest BCUT2D eigenvalue weighted by Gasteiger charge is 2.46. The second kappa shape index (κ2) is 4.40. The van der Waals surface area contributed by atoms with Gasteiger partial charge in [0.25, 0.3) is 0 Å². The van der Waals surface area contributed by atoms with Gasteiger partial charge in [-0.05, 0) is 25.2 Å². The zero-order chi connectivity index (χ0) is 10.9. The number of rotatable bonds is 3. The molecule has 0 aromatic rings. The molecule has 2 fully saturated rings. The first-order valence-corrected chi connectivity index (χ1v) is 6.21. The van der Waals surface area contributed by atoms with E-state index >= 15 is 0 Å². The molecule has 3 unspecified atom stereocenters. The number of nitrogens with two attached hydrogens (primary N) is 1. The Hall–Kier alpha value is -0.120. The third-order valence-corrected chi connectivity index (χ3v) is 4.63. The van der Waals surface area contributed by atoms with Crippen LogP contribution >= 0.6 is 0 Å². The van der Waals surface area contributed by atoms with Crippen LogP contribution in [0.15, 0.2) is 0 Å². The van der Waals surface area contributed by atoms with Crippen LogP contribution in [0.1, 0.15) is 32.6 Å². The maximum Gasteiger partial charge on any atom is 0.0710 e. The van der Waals surface area contributed by atoms with E-state index in [1.165, 1.54) is 32.2 Å². The Morgan fingerprint density at radius 1 is 1.47 bits per heavy atom. The Kier molecular flexibility index (Phi) is 3.33. The first-order valence-electron chi connectivity index (χ1n) is 6.21. The predicted octanol–water partition coefficient (Wildman–Crippen LogP) is 1.22. The molecule has 2 rings (SSSR count). The Labute approximate surface area is 93.0 Å². The molecule has 0 aromatic carbocycles. The van der Waals surface area contributed by atoms with Crippen molar-refractivity contribution in [2.75, 3.05) is 26.7 Å². The van der Waals surface area contributed by atoms with Crippen molar-refractivity contribution in [1.29, 1.82) is 0 Å². The van der Waals surface area contributed by atoms with Gasteiger partial charge in [-0.2, -0.15) is 0 Å². The second-order valence-corrected chi connectivity index (χ2v) is 5.19. The first kappa shape index (κ1) is 11.4. The van der Waals surface area contributed by atoms with Crippen LogP contribution in [0.3, 0.4) is 0 Å². The Morgan fingerprint density at radius 2 is 2.27 bits per heavy atom. The summed E-state index contributed by atoms with van der Waals surface area (Å²) in [4.78, 5) is 2.60. The standard InChI is InChI=1S/C12H24N2O/c1-10-4-3-6-12(10,9-13)14-7-5-11(8-14)15-2/h10-11H,3-9,13H2,1-2H3. The molecule has 3 nitrogen and oxygen atoms in total. The number of methoxy groups -OCH3 is 1. The molecule has 1 saturated heterocycles. The molecule has 3 heteroatoms. The molecule has 0 radical (unpaired) electrons. The summed E-state index contributed by atoms with van der Waals surface area (Å²) in [6.45, 7) is 5.42. The summed E-state index contributed by atoms with van der Waals surface area (Å²) in [5, 5.41) is 0. The molecule has 0 spiro atoms. The number of ether oxygens (including phenoxy) is 1. The molecule has 0 amide bonds. The van der Waals surface area contributed by atoms with Crippen molar-refractivity contribution in [3.8, 4) is 0 Å². The van der Waals surface area contributed by atoms with Gasteiger partial charge in [0.05, 0.1) is 6.10 Å². The van der Waals surface area contributed by atoms with Crippen molar-refractivity contribution < 1.29 is 4.74 Å². The average Bonchev–Trinajstić information content (AvgIpc) is 2.84. The lowest BCUT2D eigenvalue weighted by molar-refractivity contribution is 0.0560. The van der Waals surface area contributed by atoms with Crippen molar-refractivity contribution in [2.24, 2.45) is 11.7 Å². The predicted molar refractivity (Wildman–Crippen MR) is 61.8 cm³/mol. The van der Waals surface area contributed by atoms with E-state index in [9.17, 15) is 0 Å². The summed E-state index contributed by atoms with van der Waals surface area (Å²) in [5.74, 6) is 0.748. The van der Waals surface area contributed by atoms with Crippen molar-refractivity contribution >= 4 is 0 Å². The zero-order valence-corrected chi connectivity index (χ0v) is 10.0. The zero-order valence-electron chi connectivity index (χ0n) is 10.0. The van der Waals surface area contributed by atoms with Gasteiger partial charge in [-0.1, -0.05) is 13.3 Å². The lowest BCUT2D eigenvalue weighted by Crippen LogP contribution is -2.55. The fraction of sp³-hybridized carbons (Fsp3) is 1.00. The van der Waals surface area contributed by atoms with Crippen LogP contribution in [0, 0.1) is 5.92 Å². The van der Waals surface area contributed by atoms with Crippen LogP contribution < -0.4 is 5.73 Å². The van der Waals surface area contributed by atoms with Gasteiger partial charge in [-0.3, -0.25) is 4.90 Å². The fourth-order valence-corrected chi connectivity index (χ4v) is 3.46. The number of nitrogens with zero attached hydrogens (tertiary/aromatic N) is 1. The normalized spacial score (nSPS) is 42.6. The van der Waals surface area contributed by atoms with E-state index in [1.54, 1.807) is 0 Å². The van der Waals surface area contributed by atoms with Crippen LogP contribution in [-0.4, -0.2) is 43.3 Å². The van der Waals surface area contributed by atoms with Gasteiger partial charge < -0.3 is 10.5 Å². The van der Waals surface area contributed by atoms with E-state index in [0.717, 1.165) is 19.0 Å². The minimum absolute atomic E-state index is 0.285. The van der Waals surface area contributed by atoms with Crippen molar-refractivity contribution in [1.82, 2.24) is 4.90 Å². The molecule has 1 heterocycles. The molecule has 0 aromatic heterocycles. The summed E-state index contributed by atoms with van der Waals surface area (Å²) in [6, 6.07) is 0. The fourth-order valence-electron chi connectivity index (χ4n) is 3.46. The van der Waals surface area contributed by atoms with Gasteiger partial charge in [0.2, 0.25) is 0 Å². The van der Waals surface area contributed by atoms with Gasteiger partial charge in [0.1, 0.15) is 0 Å². The lowest BCUT2D eigenvalue weighted by Gasteiger charge is -2.41. The van der Waals surface area contributed by atoms with Gasteiger partial charge in [-0.15, -0.1) is 0 Å². The summed E-state index contributed by atoms with van der Waals surface area (Å²) >= 11 is 0. The molecule has 0 bridgehead atoms. The second-order valence-electron chi connectivity index (χ2n) is 5.19. The lowest BCUT2D eigenvalue weighted by atomic mass is 9.86. The van der Waals surface area contributed by atoms with E-state index in [1.807, 2.05) is 7.11 Å². The van der Waals surface area contributed by atoms with E-state index < -0.39 is 0 Å². The molecule has 1 aliphatic heterocycles. The van der Waals surface area contributed by atoms with Crippen LogP contribution in [0.4, 0.5) is 0 Å². The first-order chi connectivity index (χ1) is 7.23. The third kappa shape index (κ3) is 1.81. The molecule has 1 saturated carbocycles. The van der Waals surface area contributed by atoms with Crippen molar-refractivity contribution in [3.63, 3.8) is 0 Å². The van der Waals surface area contributed by atoms with Gasteiger partial charge in [0.15, 0.2) is 0 Å². The molecule has 2 N–H and O–H groups in total. The highest BCUT2D eigenvalue weighted by atomic mass is 16.5. The SMILES string of the molecule is COC1CCN(C2(CN)CCCC2C)C1. The minimum Gasteiger partial charge on any atom is -0.380 e. The van der Waals surface area contributed by atoms with E-state index in [2.05, 4.69) is 11.8 Å². The quantitative estimate of drug-likeness (QED) is 0.764. The van der Waals surface area contributed by atoms with Crippen LogP contribution in [-0.2, 0) is 4.74 Å². The smallest absolute Gasteiger partial charge is 0.0710 e. The Morgan fingerprint density at radius 3 is 2.73 bits per heavy atom. The number of hydrogen-bond acceptors (Lipinski definition) is 3. The van der Waals surface area contributed by atoms with Crippen LogP contribution in [0.25, 0.3) is 0 Å². The summed E-state index contributed by atoms with van der Waals surface area (Å²) < 4.78 is 5.44. The third-order valence-electron chi connectivity index (χ3n) is 4.63. The van der Waals surface area contributed by atoms with Gasteiger partial charge in [-0.25, -0.2) is 0 Å². The maximum absolute atomic E-state index is 6.04.